The van der Waals surface area contributed by atoms with Gasteiger partial charge in [0.15, 0.2) is 5.13 Å². The van der Waals surface area contributed by atoms with E-state index >= 15 is 0 Å². The van der Waals surface area contributed by atoms with Gasteiger partial charge < -0.3 is 4.90 Å². The van der Waals surface area contributed by atoms with E-state index in [1.54, 1.807) is 35.2 Å². The van der Waals surface area contributed by atoms with E-state index in [0.29, 0.717) is 27.8 Å². The number of fused-ring (bicyclic) bond motifs is 1. The molecule has 0 aliphatic carbocycles. The summed E-state index contributed by atoms with van der Waals surface area (Å²) in [5, 5.41) is 1.07. The number of hydrogen-bond donors (Lipinski definition) is 0. The van der Waals surface area contributed by atoms with E-state index in [1.807, 2.05) is 0 Å². The first-order valence-corrected chi connectivity index (χ1v) is 10.1. The number of rotatable bonds is 7. The molecule has 8 heteroatoms. The Balaban J connectivity index is 0.00000280. The zero-order chi connectivity index (χ0) is 19.4. The van der Waals surface area contributed by atoms with Gasteiger partial charge in [0.2, 0.25) is 0 Å². The lowest BCUT2D eigenvalue weighted by Crippen LogP contribution is -2.38. The lowest BCUT2D eigenvalue weighted by Gasteiger charge is -2.24. The van der Waals surface area contributed by atoms with Crippen LogP contribution in [-0.4, -0.2) is 42.0 Å². The third-order valence-corrected chi connectivity index (χ3v) is 5.70. The second kappa shape index (κ2) is 10.2. The Bertz CT molecular complexity index is 946. The van der Waals surface area contributed by atoms with Crippen LogP contribution in [0.25, 0.3) is 10.2 Å². The SMILES string of the molecule is CCN(CC)CCN(C(=O)c1cccc(Cl)c1)c1nc2ccc(F)cc2s1.Cl. The number of halogens is 3. The summed E-state index contributed by atoms with van der Waals surface area (Å²) in [6, 6.07) is 11.3. The number of anilines is 1. The van der Waals surface area contributed by atoms with Crippen molar-refractivity contribution in [3.8, 4) is 0 Å². The summed E-state index contributed by atoms with van der Waals surface area (Å²) in [7, 11) is 0. The molecule has 3 rings (SSSR count). The van der Waals surface area contributed by atoms with Crippen LogP contribution in [0.3, 0.4) is 0 Å². The van der Waals surface area contributed by atoms with E-state index in [4.69, 9.17) is 11.6 Å². The Morgan fingerprint density at radius 3 is 2.57 bits per heavy atom. The minimum atomic E-state index is -0.312. The highest BCUT2D eigenvalue weighted by molar-refractivity contribution is 7.22. The number of aromatic nitrogens is 1. The number of nitrogens with zero attached hydrogens (tertiary/aromatic N) is 3. The first-order chi connectivity index (χ1) is 13.0. The molecule has 0 radical (unpaired) electrons. The monoisotopic (exact) mass is 441 g/mol. The molecule has 1 amide bonds. The van der Waals surface area contributed by atoms with Gasteiger partial charge in [-0.1, -0.05) is 42.9 Å². The Kier molecular flexibility index (Phi) is 8.19. The summed E-state index contributed by atoms with van der Waals surface area (Å²) in [5.41, 5.74) is 1.19. The number of carbonyl (C=O) groups excluding carboxylic acids is 1. The molecule has 2 aromatic carbocycles. The lowest BCUT2D eigenvalue weighted by molar-refractivity contribution is 0.0984. The van der Waals surface area contributed by atoms with Crippen LogP contribution in [0.2, 0.25) is 5.02 Å². The van der Waals surface area contributed by atoms with Gasteiger partial charge in [-0.3, -0.25) is 9.69 Å². The zero-order valence-corrected chi connectivity index (χ0v) is 18.1. The molecule has 1 heterocycles. The topological polar surface area (TPSA) is 36.4 Å². The molecular weight excluding hydrogens is 420 g/mol. The minimum Gasteiger partial charge on any atom is -0.302 e. The number of hydrogen-bond acceptors (Lipinski definition) is 4. The molecule has 28 heavy (non-hydrogen) atoms. The van der Waals surface area contributed by atoms with Gasteiger partial charge in [0.1, 0.15) is 5.82 Å². The van der Waals surface area contributed by atoms with Crippen LogP contribution in [0, 0.1) is 5.82 Å². The summed E-state index contributed by atoms with van der Waals surface area (Å²) in [6.07, 6.45) is 0. The molecule has 0 aliphatic heterocycles. The fourth-order valence-corrected chi connectivity index (χ4v) is 4.05. The van der Waals surface area contributed by atoms with Gasteiger partial charge in [0.25, 0.3) is 5.91 Å². The van der Waals surface area contributed by atoms with Crippen LogP contribution in [0.15, 0.2) is 42.5 Å². The smallest absolute Gasteiger partial charge is 0.260 e. The predicted molar refractivity (Wildman–Crippen MR) is 118 cm³/mol. The largest absolute Gasteiger partial charge is 0.302 e. The van der Waals surface area contributed by atoms with Crippen molar-refractivity contribution in [3.05, 3.63) is 58.9 Å². The third kappa shape index (κ3) is 5.20. The molecule has 0 spiro atoms. The fraction of sp³-hybridized carbons (Fsp3) is 0.300. The molecule has 0 saturated heterocycles. The van der Waals surface area contributed by atoms with Gasteiger partial charge in [0, 0.05) is 23.7 Å². The first-order valence-electron chi connectivity index (χ1n) is 8.87. The molecule has 0 fully saturated rings. The van der Waals surface area contributed by atoms with Crippen LogP contribution in [-0.2, 0) is 0 Å². The van der Waals surface area contributed by atoms with Crippen LogP contribution in [0.5, 0.6) is 0 Å². The van der Waals surface area contributed by atoms with Crippen LogP contribution in [0.4, 0.5) is 9.52 Å². The molecule has 0 saturated carbocycles. The van der Waals surface area contributed by atoms with Gasteiger partial charge in [-0.25, -0.2) is 9.37 Å². The van der Waals surface area contributed by atoms with Crippen molar-refractivity contribution in [2.24, 2.45) is 0 Å². The Morgan fingerprint density at radius 1 is 1.14 bits per heavy atom. The van der Waals surface area contributed by atoms with Crippen molar-refractivity contribution in [2.75, 3.05) is 31.1 Å². The predicted octanol–water partition coefficient (Wildman–Crippen LogP) is 5.50. The summed E-state index contributed by atoms with van der Waals surface area (Å²) >= 11 is 7.38. The molecular formula is C20H22Cl2FN3OS. The van der Waals surface area contributed by atoms with Crippen molar-refractivity contribution in [2.45, 2.75) is 13.8 Å². The molecule has 1 aromatic heterocycles. The maximum Gasteiger partial charge on any atom is 0.260 e. The first kappa shape index (κ1) is 22.6. The van der Waals surface area contributed by atoms with E-state index in [2.05, 4.69) is 23.7 Å². The van der Waals surface area contributed by atoms with Crippen molar-refractivity contribution >= 4 is 56.6 Å². The molecule has 0 N–H and O–H groups in total. The van der Waals surface area contributed by atoms with Crippen molar-refractivity contribution in [1.29, 1.82) is 0 Å². The van der Waals surface area contributed by atoms with E-state index < -0.39 is 0 Å². The average molecular weight is 442 g/mol. The summed E-state index contributed by atoms with van der Waals surface area (Å²) < 4.78 is 14.3. The maximum atomic E-state index is 13.5. The average Bonchev–Trinajstić information content (AvgIpc) is 3.07. The summed E-state index contributed by atoms with van der Waals surface area (Å²) in [4.78, 5) is 21.6. The van der Waals surface area contributed by atoms with Crippen molar-refractivity contribution < 1.29 is 9.18 Å². The van der Waals surface area contributed by atoms with E-state index in [9.17, 15) is 9.18 Å². The summed E-state index contributed by atoms with van der Waals surface area (Å²) in [5.74, 6) is -0.474. The second-order valence-corrected chi connectivity index (χ2v) is 7.55. The molecule has 0 aliphatic rings. The lowest BCUT2D eigenvalue weighted by atomic mass is 10.2. The van der Waals surface area contributed by atoms with E-state index in [1.165, 1.54) is 23.5 Å². The number of amides is 1. The van der Waals surface area contributed by atoms with Crippen molar-refractivity contribution in [1.82, 2.24) is 9.88 Å². The quantitative estimate of drug-likeness (QED) is 0.485. The molecule has 0 unspecified atom stereocenters. The third-order valence-electron chi connectivity index (χ3n) is 4.42. The minimum absolute atomic E-state index is 0. The van der Waals surface area contributed by atoms with Gasteiger partial charge in [0.05, 0.1) is 10.2 Å². The van der Waals surface area contributed by atoms with Crippen LogP contribution >= 0.6 is 35.3 Å². The summed E-state index contributed by atoms with van der Waals surface area (Å²) in [6.45, 7) is 7.21. The molecule has 4 nitrogen and oxygen atoms in total. The number of likely N-dealkylation sites (N-methyl/N-ethyl adjacent to an activating group) is 1. The van der Waals surface area contributed by atoms with Gasteiger partial charge in [-0.2, -0.15) is 0 Å². The van der Waals surface area contributed by atoms with E-state index in [-0.39, 0.29) is 24.1 Å². The highest BCUT2D eigenvalue weighted by atomic mass is 35.5. The molecule has 3 aromatic rings. The second-order valence-electron chi connectivity index (χ2n) is 6.10. The Hall–Kier alpha value is -1.73. The molecule has 0 bridgehead atoms. The highest BCUT2D eigenvalue weighted by Gasteiger charge is 2.22. The molecule has 150 valence electrons. The number of carbonyl (C=O) groups is 1. The normalized spacial score (nSPS) is 10.9. The standard InChI is InChI=1S/C20H21ClFN3OS.ClH/c1-3-24(4-2)10-11-25(19(26)14-6-5-7-15(21)12-14)20-23-17-9-8-16(22)13-18(17)27-20;/h5-9,12-13H,3-4,10-11H2,1-2H3;1H. The van der Waals surface area contributed by atoms with Gasteiger partial charge in [-0.05, 0) is 49.5 Å². The molecule has 0 atom stereocenters. The number of thiazole rings is 1. The zero-order valence-electron chi connectivity index (χ0n) is 15.7. The Morgan fingerprint density at radius 2 is 1.89 bits per heavy atom. The highest BCUT2D eigenvalue weighted by Crippen LogP contribution is 2.30. The van der Waals surface area contributed by atoms with Gasteiger partial charge >= 0.3 is 0 Å². The Labute approximate surface area is 179 Å². The maximum absolute atomic E-state index is 13.5. The van der Waals surface area contributed by atoms with Crippen LogP contribution in [0.1, 0.15) is 24.2 Å². The van der Waals surface area contributed by atoms with Crippen molar-refractivity contribution in [3.63, 3.8) is 0 Å². The van der Waals surface area contributed by atoms with Crippen LogP contribution < -0.4 is 4.90 Å². The van der Waals surface area contributed by atoms with E-state index in [0.717, 1.165) is 24.3 Å². The van der Waals surface area contributed by atoms with Gasteiger partial charge in [-0.15, -0.1) is 12.4 Å². The number of benzene rings is 2. The fourth-order valence-electron chi connectivity index (χ4n) is 2.84.